The topological polar surface area (TPSA) is 76.8 Å². The van der Waals surface area contributed by atoms with Crippen LogP contribution < -0.4 is 20.7 Å². The number of anilines is 3. The molecule has 1 aliphatic rings. The Bertz CT molecular complexity index is 725. The molecule has 0 unspecified atom stereocenters. The number of ether oxygens (including phenoxy) is 2. The Morgan fingerprint density at radius 2 is 1.92 bits per heavy atom. The summed E-state index contributed by atoms with van der Waals surface area (Å²) >= 11 is 0. The molecule has 1 aliphatic heterocycles. The molecular formula is C19H23N3O3. The molecule has 3 rings (SSSR count). The number of nitrogens with two attached hydrogens (primary N) is 1. The maximum Gasteiger partial charge on any atom is 0.262 e. The lowest BCUT2D eigenvalue weighted by molar-refractivity contribution is -0.118. The fourth-order valence-corrected chi connectivity index (χ4v) is 2.70. The Morgan fingerprint density at radius 1 is 1.20 bits per heavy atom. The zero-order valence-electron chi connectivity index (χ0n) is 14.3. The number of nitrogens with zero attached hydrogens (tertiary/aromatic N) is 1. The van der Waals surface area contributed by atoms with Crippen molar-refractivity contribution in [3.63, 3.8) is 0 Å². The molecule has 0 atom stereocenters. The highest BCUT2D eigenvalue weighted by atomic mass is 16.5. The second-order valence-corrected chi connectivity index (χ2v) is 6.02. The van der Waals surface area contributed by atoms with E-state index in [4.69, 9.17) is 15.2 Å². The molecular weight excluding hydrogens is 318 g/mol. The van der Waals surface area contributed by atoms with Crippen LogP contribution in [0.25, 0.3) is 0 Å². The number of carbonyl (C=O) groups is 1. The Morgan fingerprint density at radius 3 is 2.60 bits per heavy atom. The first kappa shape index (κ1) is 17.1. The molecule has 0 saturated carbocycles. The lowest BCUT2D eigenvalue weighted by atomic mass is 10.2. The Kier molecular flexibility index (Phi) is 5.40. The van der Waals surface area contributed by atoms with Gasteiger partial charge in [0.2, 0.25) is 0 Å². The van der Waals surface area contributed by atoms with E-state index >= 15 is 0 Å². The molecule has 0 radical (unpaired) electrons. The number of hydrogen-bond acceptors (Lipinski definition) is 5. The van der Waals surface area contributed by atoms with Gasteiger partial charge in [-0.05, 0) is 37.3 Å². The van der Waals surface area contributed by atoms with Crippen LogP contribution in [0.15, 0.2) is 42.5 Å². The van der Waals surface area contributed by atoms with E-state index < -0.39 is 0 Å². The van der Waals surface area contributed by atoms with Crippen molar-refractivity contribution < 1.29 is 14.3 Å². The molecule has 0 aliphatic carbocycles. The third-order valence-electron chi connectivity index (χ3n) is 4.05. The SMILES string of the molecule is Cc1ccc(OCC(=O)Nc2ccc(N3CCOCC3)c(N)c2)cc1. The molecule has 1 amide bonds. The van der Waals surface area contributed by atoms with Crippen molar-refractivity contribution in [1.29, 1.82) is 0 Å². The smallest absolute Gasteiger partial charge is 0.262 e. The zero-order chi connectivity index (χ0) is 17.6. The minimum Gasteiger partial charge on any atom is -0.484 e. The highest BCUT2D eigenvalue weighted by Gasteiger charge is 2.14. The van der Waals surface area contributed by atoms with Crippen LogP contribution in [0.5, 0.6) is 5.75 Å². The van der Waals surface area contributed by atoms with Crippen molar-refractivity contribution in [1.82, 2.24) is 0 Å². The summed E-state index contributed by atoms with van der Waals surface area (Å²) in [6.45, 7) is 5.00. The average Bonchev–Trinajstić information content (AvgIpc) is 2.62. The molecule has 6 heteroatoms. The number of benzene rings is 2. The molecule has 25 heavy (non-hydrogen) atoms. The average molecular weight is 341 g/mol. The first-order valence-corrected chi connectivity index (χ1v) is 8.33. The standard InChI is InChI=1S/C19H23N3O3/c1-14-2-5-16(6-3-14)25-13-19(23)21-15-4-7-18(17(20)12-15)22-8-10-24-11-9-22/h2-7,12H,8-11,13,20H2,1H3,(H,21,23). The van der Waals surface area contributed by atoms with Crippen LogP contribution in [-0.4, -0.2) is 38.8 Å². The second kappa shape index (κ2) is 7.90. The number of rotatable bonds is 5. The summed E-state index contributed by atoms with van der Waals surface area (Å²) in [4.78, 5) is 14.2. The van der Waals surface area contributed by atoms with E-state index in [1.54, 1.807) is 6.07 Å². The summed E-state index contributed by atoms with van der Waals surface area (Å²) in [5.41, 5.74) is 9.56. The van der Waals surface area contributed by atoms with Gasteiger partial charge in [0.25, 0.3) is 5.91 Å². The summed E-state index contributed by atoms with van der Waals surface area (Å²) < 4.78 is 10.8. The largest absolute Gasteiger partial charge is 0.484 e. The van der Waals surface area contributed by atoms with Gasteiger partial charge in [-0.2, -0.15) is 0 Å². The predicted molar refractivity (Wildman–Crippen MR) is 99.2 cm³/mol. The van der Waals surface area contributed by atoms with Crippen molar-refractivity contribution in [2.24, 2.45) is 0 Å². The van der Waals surface area contributed by atoms with Crippen LogP contribution in [-0.2, 0) is 9.53 Å². The lowest BCUT2D eigenvalue weighted by Crippen LogP contribution is -2.36. The van der Waals surface area contributed by atoms with Gasteiger partial charge in [-0.25, -0.2) is 0 Å². The molecule has 0 aromatic heterocycles. The van der Waals surface area contributed by atoms with Crippen LogP contribution in [0.4, 0.5) is 17.1 Å². The molecule has 0 spiro atoms. The monoisotopic (exact) mass is 341 g/mol. The maximum atomic E-state index is 12.0. The van der Waals surface area contributed by atoms with E-state index in [-0.39, 0.29) is 12.5 Å². The minimum atomic E-state index is -0.223. The van der Waals surface area contributed by atoms with E-state index in [0.29, 0.717) is 30.3 Å². The molecule has 0 bridgehead atoms. The van der Waals surface area contributed by atoms with Crippen LogP contribution in [0.1, 0.15) is 5.56 Å². The number of carbonyl (C=O) groups excluding carboxylic acids is 1. The van der Waals surface area contributed by atoms with Crippen molar-refractivity contribution in [3.8, 4) is 5.75 Å². The van der Waals surface area contributed by atoms with Crippen LogP contribution >= 0.6 is 0 Å². The first-order valence-electron chi connectivity index (χ1n) is 8.33. The molecule has 1 fully saturated rings. The second-order valence-electron chi connectivity index (χ2n) is 6.02. The van der Waals surface area contributed by atoms with Gasteiger partial charge in [0, 0.05) is 18.8 Å². The van der Waals surface area contributed by atoms with Gasteiger partial charge in [-0.3, -0.25) is 4.79 Å². The van der Waals surface area contributed by atoms with Crippen LogP contribution in [0.2, 0.25) is 0 Å². The number of nitrogens with one attached hydrogen (secondary N) is 1. The van der Waals surface area contributed by atoms with E-state index in [9.17, 15) is 4.79 Å². The van der Waals surface area contributed by atoms with Crippen molar-refractivity contribution in [3.05, 3.63) is 48.0 Å². The van der Waals surface area contributed by atoms with Gasteiger partial charge in [0.05, 0.1) is 24.6 Å². The fourth-order valence-electron chi connectivity index (χ4n) is 2.70. The van der Waals surface area contributed by atoms with E-state index in [1.807, 2.05) is 43.3 Å². The van der Waals surface area contributed by atoms with Crippen LogP contribution in [0.3, 0.4) is 0 Å². The quantitative estimate of drug-likeness (QED) is 0.817. The number of amides is 1. The van der Waals surface area contributed by atoms with Crippen molar-refractivity contribution >= 4 is 23.0 Å². The normalized spacial score (nSPS) is 14.2. The zero-order valence-corrected chi connectivity index (χ0v) is 14.3. The highest BCUT2D eigenvalue weighted by Crippen LogP contribution is 2.27. The minimum absolute atomic E-state index is 0.0474. The summed E-state index contributed by atoms with van der Waals surface area (Å²) in [5.74, 6) is 0.446. The van der Waals surface area contributed by atoms with Gasteiger partial charge in [0.1, 0.15) is 5.75 Å². The van der Waals surface area contributed by atoms with Crippen molar-refractivity contribution in [2.75, 3.05) is 48.9 Å². The van der Waals surface area contributed by atoms with Gasteiger partial charge in [-0.15, -0.1) is 0 Å². The van der Waals surface area contributed by atoms with Gasteiger partial charge < -0.3 is 25.4 Å². The number of nitrogen functional groups attached to an aromatic ring is 1. The third kappa shape index (κ3) is 4.64. The van der Waals surface area contributed by atoms with Gasteiger partial charge in [-0.1, -0.05) is 17.7 Å². The molecule has 1 heterocycles. The first-order chi connectivity index (χ1) is 12.1. The summed E-state index contributed by atoms with van der Waals surface area (Å²) in [6, 6.07) is 13.1. The summed E-state index contributed by atoms with van der Waals surface area (Å²) in [5, 5.41) is 2.81. The van der Waals surface area contributed by atoms with E-state index in [0.717, 1.165) is 24.3 Å². The Balaban J connectivity index is 1.55. The summed E-state index contributed by atoms with van der Waals surface area (Å²) in [6.07, 6.45) is 0. The lowest BCUT2D eigenvalue weighted by Gasteiger charge is -2.30. The Labute approximate surface area is 147 Å². The summed E-state index contributed by atoms with van der Waals surface area (Å²) in [7, 11) is 0. The van der Waals surface area contributed by atoms with E-state index in [1.165, 1.54) is 0 Å². The van der Waals surface area contributed by atoms with Crippen molar-refractivity contribution in [2.45, 2.75) is 6.92 Å². The number of morpholine rings is 1. The number of hydrogen-bond donors (Lipinski definition) is 2. The molecule has 6 nitrogen and oxygen atoms in total. The number of aryl methyl sites for hydroxylation is 1. The highest BCUT2D eigenvalue weighted by molar-refractivity contribution is 5.93. The molecule has 3 N–H and O–H groups in total. The Hall–Kier alpha value is -2.73. The maximum absolute atomic E-state index is 12.0. The fraction of sp³-hybridized carbons (Fsp3) is 0.316. The van der Waals surface area contributed by atoms with Gasteiger partial charge in [0.15, 0.2) is 6.61 Å². The van der Waals surface area contributed by atoms with E-state index in [2.05, 4.69) is 10.2 Å². The predicted octanol–water partition coefficient (Wildman–Crippen LogP) is 2.43. The third-order valence-corrected chi connectivity index (χ3v) is 4.05. The molecule has 2 aromatic carbocycles. The molecule has 132 valence electrons. The van der Waals surface area contributed by atoms with Gasteiger partial charge >= 0.3 is 0 Å². The molecule has 1 saturated heterocycles. The molecule has 2 aromatic rings. The van der Waals surface area contributed by atoms with Crippen LogP contribution in [0, 0.1) is 6.92 Å².